The molecule has 0 aromatic heterocycles. The van der Waals surface area contributed by atoms with Crippen LogP contribution in [0.25, 0.3) is 0 Å². The van der Waals surface area contributed by atoms with E-state index in [1.807, 2.05) is 0 Å². The van der Waals surface area contributed by atoms with Gasteiger partial charge >= 0.3 is 6.18 Å². The Hall–Kier alpha value is -2.68. The van der Waals surface area contributed by atoms with Gasteiger partial charge in [-0.05, 0) is 61.3 Å². The van der Waals surface area contributed by atoms with Crippen molar-refractivity contribution in [3.05, 3.63) is 59.7 Å². The van der Waals surface area contributed by atoms with Gasteiger partial charge in [-0.15, -0.1) is 0 Å². The van der Waals surface area contributed by atoms with Crippen LogP contribution >= 0.6 is 0 Å². The van der Waals surface area contributed by atoms with Crippen molar-refractivity contribution in [2.45, 2.75) is 36.9 Å². The van der Waals surface area contributed by atoms with Crippen LogP contribution in [0.2, 0.25) is 0 Å². The van der Waals surface area contributed by atoms with E-state index in [1.165, 1.54) is 46.2 Å². The van der Waals surface area contributed by atoms with Gasteiger partial charge in [-0.1, -0.05) is 12.1 Å². The summed E-state index contributed by atoms with van der Waals surface area (Å²) in [4.78, 5) is 15.7. The molecule has 0 radical (unpaired) electrons. The second-order valence-corrected chi connectivity index (χ2v) is 8.00. The van der Waals surface area contributed by atoms with E-state index in [1.54, 1.807) is 0 Å². The highest BCUT2D eigenvalue weighted by molar-refractivity contribution is 5.99. The van der Waals surface area contributed by atoms with Gasteiger partial charge in [-0.2, -0.15) is 13.2 Å². The number of anilines is 1. The Morgan fingerprint density at radius 3 is 2.16 bits per heavy atom. The molecule has 166 valence electrons. The van der Waals surface area contributed by atoms with Crippen molar-refractivity contribution in [1.29, 1.82) is 0 Å². The van der Waals surface area contributed by atoms with Crippen molar-refractivity contribution in [3.8, 4) is 5.75 Å². The summed E-state index contributed by atoms with van der Waals surface area (Å²) >= 11 is 0. The minimum atomic E-state index is -4.47. The number of phenols is 1. The third-order valence-corrected chi connectivity index (χ3v) is 6.05. The van der Waals surface area contributed by atoms with E-state index < -0.39 is 36.2 Å². The maximum absolute atomic E-state index is 14.9. The Labute approximate surface area is 175 Å². The van der Waals surface area contributed by atoms with Gasteiger partial charge in [0.2, 0.25) is 5.91 Å². The van der Waals surface area contributed by atoms with Crippen LogP contribution in [0, 0.1) is 0 Å². The first-order chi connectivity index (χ1) is 14.6. The fraction of sp³-hybridized carbons (Fsp3) is 0.409. The van der Waals surface area contributed by atoms with Crippen LogP contribution in [0.1, 0.15) is 29.9 Å². The zero-order valence-corrected chi connectivity index (χ0v) is 16.4. The van der Waals surface area contributed by atoms with Crippen LogP contribution in [-0.4, -0.2) is 47.5 Å². The summed E-state index contributed by atoms with van der Waals surface area (Å²) < 4.78 is 68.1. The van der Waals surface area contributed by atoms with Crippen LogP contribution in [0.5, 0.6) is 5.75 Å². The number of carbonyl (C=O) groups excluding carboxylic acids is 1. The molecule has 2 fully saturated rings. The number of benzene rings is 2. The zero-order valence-electron chi connectivity index (χ0n) is 16.4. The normalized spacial score (nSPS) is 24.5. The summed E-state index contributed by atoms with van der Waals surface area (Å²) in [5, 5.41) is 9.38. The van der Waals surface area contributed by atoms with E-state index in [0.29, 0.717) is 24.2 Å². The van der Waals surface area contributed by atoms with Gasteiger partial charge in [0.05, 0.1) is 24.1 Å². The van der Waals surface area contributed by atoms with Crippen LogP contribution in [0.3, 0.4) is 0 Å². The van der Waals surface area contributed by atoms with E-state index in [0.717, 1.165) is 12.1 Å². The third-order valence-electron chi connectivity index (χ3n) is 6.05. The Bertz CT molecular complexity index is 944. The smallest absolute Gasteiger partial charge is 0.416 e. The summed E-state index contributed by atoms with van der Waals surface area (Å²) in [5.41, 5.74) is -0.0480. The number of piperidine rings is 1. The Morgan fingerprint density at radius 2 is 1.58 bits per heavy atom. The molecule has 0 aliphatic carbocycles. The zero-order chi connectivity index (χ0) is 22.4. The van der Waals surface area contributed by atoms with Gasteiger partial charge in [0.25, 0.3) is 5.92 Å². The molecule has 1 unspecified atom stereocenters. The predicted molar refractivity (Wildman–Crippen MR) is 104 cm³/mol. The van der Waals surface area contributed by atoms with Crippen LogP contribution in [0.4, 0.5) is 27.6 Å². The fourth-order valence-corrected chi connectivity index (χ4v) is 4.44. The van der Waals surface area contributed by atoms with Gasteiger partial charge in [-0.25, -0.2) is 8.78 Å². The molecule has 9 heteroatoms. The van der Waals surface area contributed by atoms with E-state index in [-0.39, 0.29) is 24.6 Å². The highest BCUT2D eigenvalue weighted by Crippen LogP contribution is 2.42. The molecular weight excluding hydrogens is 419 g/mol. The third kappa shape index (κ3) is 4.23. The van der Waals surface area contributed by atoms with Crippen LogP contribution in [-0.2, 0) is 11.0 Å². The molecule has 2 heterocycles. The first-order valence-corrected chi connectivity index (χ1v) is 9.96. The van der Waals surface area contributed by atoms with Gasteiger partial charge in [0.15, 0.2) is 0 Å². The monoisotopic (exact) mass is 440 g/mol. The molecule has 0 saturated carbocycles. The maximum atomic E-state index is 14.9. The lowest BCUT2D eigenvalue weighted by Crippen LogP contribution is -2.53. The average Bonchev–Trinajstić information content (AvgIpc) is 3.09. The highest BCUT2D eigenvalue weighted by atomic mass is 19.4. The van der Waals surface area contributed by atoms with Crippen molar-refractivity contribution >= 4 is 11.6 Å². The summed E-state index contributed by atoms with van der Waals surface area (Å²) in [6, 6.07) is 9.27. The number of likely N-dealkylation sites (tertiary alicyclic amines) is 1. The summed E-state index contributed by atoms with van der Waals surface area (Å²) in [7, 11) is 0. The average molecular weight is 440 g/mol. The van der Waals surface area contributed by atoms with E-state index in [2.05, 4.69) is 0 Å². The highest BCUT2D eigenvalue weighted by Gasteiger charge is 2.49. The number of hydrogen-bond acceptors (Lipinski definition) is 3. The number of phenolic OH excluding ortho intramolecular Hbond substituents is 1. The number of rotatable bonds is 3. The van der Waals surface area contributed by atoms with E-state index >= 15 is 0 Å². The Morgan fingerprint density at radius 1 is 0.935 bits per heavy atom. The lowest BCUT2D eigenvalue weighted by Gasteiger charge is -2.40. The first-order valence-electron chi connectivity index (χ1n) is 9.96. The largest absolute Gasteiger partial charge is 0.508 e. The number of aromatic hydroxyl groups is 1. The number of carbonyl (C=O) groups is 1. The molecule has 4 nitrogen and oxygen atoms in total. The molecule has 2 aromatic rings. The number of hydrogen-bond donors (Lipinski definition) is 1. The Balaban J connectivity index is 1.45. The molecule has 2 aliphatic rings. The lowest BCUT2D eigenvalue weighted by atomic mass is 9.85. The molecule has 1 amide bonds. The quantitative estimate of drug-likeness (QED) is 0.708. The summed E-state index contributed by atoms with van der Waals surface area (Å²) in [6.07, 6.45) is -3.98. The SMILES string of the molecule is O=C1[C@@H](N2CCC(c3ccc(O)cc3)C(F)(F)C2)CCN1c1ccc(C(F)(F)F)cc1. The van der Waals surface area contributed by atoms with Crippen molar-refractivity contribution < 1.29 is 31.9 Å². The van der Waals surface area contributed by atoms with Gasteiger partial charge in [-0.3, -0.25) is 9.69 Å². The number of nitrogens with zero attached hydrogens (tertiary/aromatic N) is 2. The lowest BCUT2D eigenvalue weighted by molar-refractivity contribution is -0.137. The molecule has 2 aromatic carbocycles. The van der Waals surface area contributed by atoms with Crippen molar-refractivity contribution in [2.24, 2.45) is 0 Å². The van der Waals surface area contributed by atoms with Crippen molar-refractivity contribution in [1.82, 2.24) is 4.90 Å². The van der Waals surface area contributed by atoms with E-state index in [4.69, 9.17) is 0 Å². The van der Waals surface area contributed by atoms with Crippen molar-refractivity contribution in [2.75, 3.05) is 24.5 Å². The number of halogens is 5. The summed E-state index contributed by atoms with van der Waals surface area (Å²) in [5.74, 6) is -4.44. The predicted octanol–water partition coefficient (Wildman–Crippen LogP) is 4.64. The van der Waals surface area contributed by atoms with Gasteiger partial charge < -0.3 is 10.0 Å². The Kier molecular flexibility index (Phi) is 5.41. The van der Waals surface area contributed by atoms with Gasteiger partial charge in [0.1, 0.15) is 5.75 Å². The van der Waals surface area contributed by atoms with Crippen LogP contribution < -0.4 is 4.90 Å². The minimum Gasteiger partial charge on any atom is -0.508 e. The minimum absolute atomic E-state index is 0.00409. The molecular formula is C22H21F5N2O2. The van der Waals surface area contributed by atoms with Gasteiger partial charge in [0, 0.05) is 12.2 Å². The first kappa shape index (κ1) is 21.5. The van der Waals surface area contributed by atoms with E-state index in [9.17, 15) is 31.9 Å². The fourth-order valence-electron chi connectivity index (χ4n) is 4.44. The number of amides is 1. The molecule has 2 aliphatic heterocycles. The topological polar surface area (TPSA) is 43.8 Å². The molecule has 2 atom stereocenters. The standard InChI is InChI=1S/C22H21F5N2O2/c23-21(24)13-28(11-9-18(21)14-1-7-17(30)8-2-14)19-10-12-29(20(19)31)16-5-3-15(4-6-16)22(25,26)27/h1-8,18-19,30H,9-13H2/t18?,19-/m0/s1. The van der Waals surface area contributed by atoms with Crippen LogP contribution in [0.15, 0.2) is 48.5 Å². The molecule has 0 spiro atoms. The maximum Gasteiger partial charge on any atom is 0.416 e. The molecule has 1 N–H and O–H groups in total. The second-order valence-electron chi connectivity index (χ2n) is 8.00. The molecule has 2 saturated heterocycles. The molecule has 4 rings (SSSR count). The number of alkyl halides is 5. The molecule has 0 bridgehead atoms. The second kappa shape index (κ2) is 7.78. The molecule has 31 heavy (non-hydrogen) atoms. The van der Waals surface area contributed by atoms with Crippen molar-refractivity contribution in [3.63, 3.8) is 0 Å². The summed E-state index contributed by atoms with van der Waals surface area (Å²) in [6.45, 7) is -0.00742.